The van der Waals surface area contributed by atoms with Crippen LogP contribution in [0.25, 0.3) is 0 Å². The summed E-state index contributed by atoms with van der Waals surface area (Å²) in [5.74, 6) is 0. The van der Waals surface area contributed by atoms with Crippen molar-refractivity contribution in [3.8, 4) is 0 Å². The molecule has 2 atom stereocenters. The number of likely N-dealkylation sites (tertiary alicyclic amines) is 1. The van der Waals surface area contributed by atoms with Gasteiger partial charge >= 0.3 is 6.09 Å². The average Bonchev–Trinajstić information content (AvgIpc) is 3.10. The summed E-state index contributed by atoms with van der Waals surface area (Å²) in [7, 11) is -2.76. The Balaban J connectivity index is 2.10. The molecular formula is C22H27NO4Si. The predicted molar refractivity (Wildman–Crippen MR) is 112 cm³/mol. The third-order valence-electron chi connectivity index (χ3n) is 5.47. The number of amides is 1. The fourth-order valence-corrected chi connectivity index (χ4v) is 8.89. The Labute approximate surface area is 167 Å². The molecule has 0 bridgehead atoms. The van der Waals surface area contributed by atoms with Crippen molar-refractivity contribution >= 4 is 31.1 Å². The molecule has 0 aliphatic carbocycles. The summed E-state index contributed by atoms with van der Waals surface area (Å²) in [6.07, 6.45) is -0.299. The second-order valence-corrected chi connectivity index (χ2v) is 12.5. The van der Waals surface area contributed by atoms with Crippen LogP contribution in [0.4, 0.5) is 4.79 Å². The Morgan fingerprint density at radius 3 is 1.93 bits per heavy atom. The fourth-order valence-electron chi connectivity index (χ4n) is 4.20. The Hall–Kier alpha value is -2.44. The molecule has 1 saturated heterocycles. The van der Waals surface area contributed by atoms with Crippen LogP contribution >= 0.6 is 0 Å². The number of carbonyl (C=O) groups is 2. The van der Waals surface area contributed by atoms with Crippen molar-refractivity contribution in [3.05, 3.63) is 60.7 Å². The topological polar surface area (TPSA) is 66.8 Å². The first kappa shape index (κ1) is 20.3. The molecule has 0 saturated carbocycles. The van der Waals surface area contributed by atoms with Crippen LogP contribution < -0.4 is 10.4 Å². The molecule has 1 N–H and O–H groups in total. The number of carboxylic acid groups (broad SMARTS) is 1. The molecular weight excluding hydrogens is 370 g/mol. The largest absolute Gasteiger partial charge is 0.465 e. The highest BCUT2D eigenvalue weighted by Crippen LogP contribution is 2.38. The van der Waals surface area contributed by atoms with Crippen LogP contribution in [0.5, 0.6) is 0 Å². The highest BCUT2D eigenvalue weighted by Gasteiger charge is 2.53. The average molecular weight is 398 g/mol. The Kier molecular flexibility index (Phi) is 5.72. The van der Waals surface area contributed by atoms with Gasteiger partial charge in [0, 0.05) is 13.0 Å². The zero-order valence-electron chi connectivity index (χ0n) is 16.5. The van der Waals surface area contributed by atoms with E-state index in [2.05, 4.69) is 45.0 Å². The SMILES string of the molecule is CC(C)(C)[Si](O[C@H]1CC(C=O)N(C(=O)O)C1)(c1ccccc1)c1ccccc1. The molecule has 3 rings (SSSR count). The standard InChI is InChI=1S/C22H27NO4Si/c1-22(2,3)28(19-10-6-4-7-11-19,20-12-8-5-9-13-20)27-18-14-17(16-24)23(15-18)21(25)26/h4-13,16-18H,14-15H2,1-3H3,(H,25,26)/t17?,18-/m0/s1. The number of nitrogens with zero attached hydrogens (tertiary/aromatic N) is 1. The summed E-state index contributed by atoms with van der Waals surface area (Å²) in [6, 6.07) is 19.8. The second kappa shape index (κ2) is 7.89. The zero-order chi connectivity index (χ0) is 20.4. The quantitative estimate of drug-likeness (QED) is 0.622. The Morgan fingerprint density at radius 1 is 1.07 bits per heavy atom. The monoisotopic (exact) mass is 397 g/mol. The fraction of sp³-hybridized carbons (Fsp3) is 0.364. The minimum atomic E-state index is -2.76. The van der Waals surface area contributed by atoms with E-state index in [1.54, 1.807) is 0 Å². The molecule has 1 heterocycles. The second-order valence-electron chi connectivity index (χ2n) is 8.28. The van der Waals surface area contributed by atoms with Crippen LogP contribution in [0.1, 0.15) is 27.2 Å². The number of aldehydes is 1. The molecule has 0 radical (unpaired) electrons. The van der Waals surface area contributed by atoms with E-state index in [0.29, 0.717) is 12.7 Å². The Morgan fingerprint density at radius 2 is 1.57 bits per heavy atom. The zero-order valence-corrected chi connectivity index (χ0v) is 17.5. The minimum absolute atomic E-state index is 0.191. The maximum absolute atomic E-state index is 11.5. The molecule has 5 nitrogen and oxygen atoms in total. The van der Waals surface area contributed by atoms with Crippen molar-refractivity contribution in [2.24, 2.45) is 0 Å². The first-order valence-electron chi connectivity index (χ1n) is 9.53. The lowest BCUT2D eigenvalue weighted by Gasteiger charge is -2.44. The van der Waals surface area contributed by atoms with Gasteiger partial charge in [0.2, 0.25) is 0 Å². The van der Waals surface area contributed by atoms with Crippen molar-refractivity contribution in [3.63, 3.8) is 0 Å². The first-order chi connectivity index (χ1) is 13.3. The van der Waals surface area contributed by atoms with Crippen molar-refractivity contribution in [2.45, 2.75) is 44.4 Å². The van der Waals surface area contributed by atoms with Crippen LogP contribution in [0.15, 0.2) is 60.7 Å². The van der Waals surface area contributed by atoms with Crippen molar-refractivity contribution in [1.29, 1.82) is 0 Å². The number of benzene rings is 2. The maximum atomic E-state index is 11.5. The molecule has 2 aromatic rings. The van der Waals surface area contributed by atoms with Gasteiger partial charge in [-0.15, -0.1) is 0 Å². The highest BCUT2D eigenvalue weighted by atomic mass is 28.4. The molecule has 28 heavy (non-hydrogen) atoms. The van der Waals surface area contributed by atoms with Crippen LogP contribution in [0, 0.1) is 0 Å². The molecule has 2 aromatic carbocycles. The van der Waals surface area contributed by atoms with Gasteiger partial charge in [0.15, 0.2) is 0 Å². The Bertz CT molecular complexity index is 780. The van der Waals surface area contributed by atoms with Gasteiger partial charge < -0.3 is 14.3 Å². The van der Waals surface area contributed by atoms with E-state index < -0.39 is 20.5 Å². The van der Waals surface area contributed by atoms with E-state index in [0.717, 1.165) is 10.4 Å². The van der Waals surface area contributed by atoms with Gasteiger partial charge in [-0.05, 0) is 15.4 Å². The number of hydrogen-bond donors (Lipinski definition) is 1. The van der Waals surface area contributed by atoms with Gasteiger partial charge in [0.1, 0.15) is 6.29 Å². The third-order valence-corrected chi connectivity index (χ3v) is 10.6. The van der Waals surface area contributed by atoms with E-state index in [-0.39, 0.29) is 17.7 Å². The van der Waals surface area contributed by atoms with E-state index in [4.69, 9.17) is 4.43 Å². The highest BCUT2D eigenvalue weighted by molar-refractivity contribution is 6.99. The van der Waals surface area contributed by atoms with E-state index >= 15 is 0 Å². The summed E-state index contributed by atoms with van der Waals surface area (Å²) in [5, 5.41) is 11.5. The summed E-state index contributed by atoms with van der Waals surface area (Å²) >= 11 is 0. The minimum Gasteiger partial charge on any atom is -0.465 e. The summed E-state index contributed by atoms with van der Waals surface area (Å²) in [5.41, 5.74) is 0. The number of carbonyl (C=O) groups excluding carboxylic acids is 1. The summed E-state index contributed by atoms with van der Waals surface area (Å²) in [4.78, 5) is 24.2. The van der Waals surface area contributed by atoms with Crippen LogP contribution in [-0.4, -0.2) is 49.4 Å². The van der Waals surface area contributed by atoms with Crippen molar-refractivity contribution < 1.29 is 19.1 Å². The van der Waals surface area contributed by atoms with Gasteiger partial charge in [-0.25, -0.2) is 4.79 Å². The molecule has 148 valence electrons. The lowest BCUT2D eigenvalue weighted by molar-refractivity contribution is -0.111. The lowest BCUT2D eigenvalue weighted by Crippen LogP contribution is -2.67. The molecule has 1 aliphatic heterocycles. The summed E-state index contributed by atoms with van der Waals surface area (Å²) < 4.78 is 6.92. The third kappa shape index (κ3) is 3.62. The molecule has 1 unspecified atom stereocenters. The molecule has 0 spiro atoms. The summed E-state index contributed by atoms with van der Waals surface area (Å²) in [6.45, 7) is 6.75. The van der Waals surface area contributed by atoms with Gasteiger partial charge in [0.25, 0.3) is 8.32 Å². The van der Waals surface area contributed by atoms with Crippen molar-refractivity contribution in [1.82, 2.24) is 4.90 Å². The van der Waals surface area contributed by atoms with Gasteiger partial charge in [-0.2, -0.15) is 0 Å². The van der Waals surface area contributed by atoms with Crippen molar-refractivity contribution in [2.75, 3.05) is 6.54 Å². The first-order valence-corrected chi connectivity index (χ1v) is 11.4. The van der Waals surface area contributed by atoms with E-state index in [9.17, 15) is 14.7 Å². The molecule has 0 aromatic heterocycles. The predicted octanol–water partition coefficient (Wildman–Crippen LogP) is 2.88. The van der Waals surface area contributed by atoms with Gasteiger partial charge in [0.05, 0.1) is 12.1 Å². The molecule has 1 fully saturated rings. The molecule has 6 heteroatoms. The van der Waals surface area contributed by atoms with E-state index in [1.165, 1.54) is 4.90 Å². The molecule has 1 amide bonds. The van der Waals surface area contributed by atoms with Crippen LogP contribution in [0.3, 0.4) is 0 Å². The van der Waals surface area contributed by atoms with Gasteiger partial charge in [-0.1, -0.05) is 81.4 Å². The van der Waals surface area contributed by atoms with E-state index in [1.807, 2.05) is 36.4 Å². The van der Waals surface area contributed by atoms with Crippen LogP contribution in [-0.2, 0) is 9.22 Å². The maximum Gasteiger partial charge on any atom is 0.407 e. The normalized spacial score (nSPS) is 20.2. The van der Waals surface area contributed by atoms with Crippen LogP contribution in [0.2, 0.25) is 5.04 Å². The number of rotatable bonds is 5. The smallest absolute Gasteiger partial charge is 0.407 e. The lowest BCUT2D eigenvalue weighted by atomic mass is 10.2. The molecule has 1 aliphatic rings. The number of hydrogen-bond acceptors (Lipinski definition) is 3. The van der Waals surface area contributed by atoms with Gasteiger partial charge in [-0.3, -0.25) is 4.90 Å².